The summed E-state index contributed by atoms with van der Waals surface area (Å²) in [4.78, 5) is 25.3. The Kier molecular flexibility index (Phi) is 6.73. The van der Waals surface area contributed by atoms with Gasteiger partial charge in [0, 0.05) is 24.5 Å². The van der Waals surface area contributed by atoms with Crippen molar-refractivity contribution in [1.29, 1.82) is 0 Å². The van der Waals surface area contributed by atoms with Crippen LogP contribution in [0.3, 0.4) is 0 Å². The lowest BCUT2D eigenvalue weighted by Crippen LogP contribution is -2.15. The fourth-order valence-corrected chi connectivity index (χ4v) is 3.38. The normalized spacial score (nSPS) is 18.0. The van der Waals surface area contributed by atoms with E-state index in [0.29, 0.717) is 12.8 Å². The van der Waals surface area contributed by atoms with Gasteiger partial charge in [-0.3, -0.25) is 4.79 Å². The molecular weight excluding hydrogens is 392 g/mol. The number of fused-ring (bicyclic) bond motifs is 1. The zero-order valence-electron chi connectivity index (χ0n) is 15.7. The van der Waals surface area contributed by atoms with Crippen LogP contribution in [0.15, 0.2) is 60.7 Å². The third-order valence-electron chi connectivity index (χ3n) is 4.62. The Labute approximate surface area is 173 Å². The molecule has 5 nitrogen and oxygen atoms in total. The van der Waals surface area contributed by atoms with E-state index >= 15 is 0 Å². The van der Waals surface area contributed by atoms with Crippen molar-refractivity contribution in [3.63, 3.8) is 0 Å². The fourth-order valence-electron chi connectivity index (χ4n) is 3.16. The predicted molar refractivity (Wildman–Crippen MR) is 110 cm³/mol. The molecule has 0 saturated carbocycles. The highest BCUT2D eigenvalue weighted by Gasteiger charge is 2.27. The summed E-state index contributed by atoms with van der Waals surface area (Å²) in [6, 6.07) is 10.2. The molecule has 0 fully saturated rings. The minimum atomic E-state index is -0.810. The zero-order chi connectivity index (χ0) is 20.8. The fraction of sp³-hybridized carbons (Fsp3) is 0.217. The van der Waals surface area contributed by atoms with E-state index in [0.717, 1.165) is 18.1 Å². The molecule has 6 heteroatoms. The second kappa shape index (κ2) is 9.43. The average Bonchev–Trinajstić information content (AvgIpc) is 2.70. The third-order valence-corrected chi connectivity index (χ3v) is 5.04. The number of carbonyl (C=O) groups excluding carboxylic acids is 2. The molecule has 3 rings (SSSR count). The molecule has 0 amide bonds. The van der Waals surface area contributed by atoms with Crippen molar-refractivity contribution in [2.75, 3.05) is 0 Å². The number of esters is 1. The van der Waals surface area contributed by atoms with E-state index in [1.165, 1.54) is 6.08 Å². The first kappa shape index (κ1) is 20.7. The quantitative estimate of drug-likeness (QED) is 0.505. The van der Waals surface area contributed by atoms with Gasteiger partial charge in [-0.2, -0.15) is 0 Å². The van der Waals surface area contributed by atoms with Crippen LogP contribution in [0.4, 0.5) is 0 Å². The largest absolute Gasteiger partial charge is 0.507 e. The Balaban J connectivity index is 2.06. The Bertz CT molecular complexity index is 963. The summed E-state index contributed by atoms with van der Waals surface area (Å²) in [6.07, 6.45) is 8.15. The van der Waals surface area contributed by atoms with Crippen molar-refractivity contribution in [1.82, 2.24) is 0 Å². The van der Waals surface area contributed by atoms with E-state index in [4.69, 9.17) is 16.3 Å². The molecule has 0 unspecified atom stereocenters. The maximum Gasteiger partial charge on any atom is 0.342 e. The Morgan fingerprint density at radius 1 is 0.966 bits per heavy atom. The number of aromatic hydroxyl groups is 2. The summed E-state index contributed by atoms with van der Waals surface area (Å²) in [5.41, 5.74) is 0.638. The number of cyclic esters (lactones) is 1. The van der Waals surface area contributed by atoms with Crippen LogP contribution in [0.25, 0.3) is 0 Å². The highest BCUT2D eigenvalue weighted by molar-refractivity contribution is 6.33. The van der Waals surface area contributed by atoms with Crippen molar-refractivity contribution in [3.05, 3.63) is 82.4 Å². The minimum absolute atomic E-state index is 0.0447. The Morgan fingerprint density at radius 3 is 2.45 bits per heavy atom. The van der Waals surface area contributed by atoms with Crippen LogP contribution < -0.4 is 0 Å². The number of phenols is 2. The molecule has 0 radical (unpaired) electrons. The summed E-state index contributed by atoms with van der Waals surface area (Å²) in [7, 11) is 0. The standard InChI is InChI=1S/C23H21ClO5/c24-22-17-13-16(25)11-7-2-1-3-8-12-20(15-9-5-4-6-10-15)29-23(28)21(17)18(26)14-19(22)27/h3-11,14,20,26-27H,1-2,12-13H2/t20-/m1/s1. The van der Waals surface area contributed by atoms with E-state index in [1.54, 1.807) is 6.08 Å². The first-order valence-corrected chi connectivity index (χ1v) is 9.68. The van der Waals surface area contributed by atoms with Gasteiger partial charge in [0.15, 0.2) is 5.78 Å². The van der Waals surface area contributed by atoms with Crippen molar-refractivity contribution in [2.45, 2.75) is 31.8 Å². The van der Waals surface area contributed by atoms with Crippen molar-refractivity contribution >= 4 is 23.4 Å². The van der Waals surface area contributed by atoms with Gasteiger partial charge in [0.2, 0.25) is 0 Å². The number of carbonyl (C=O) groups is 2. The summed E-state index contributed by atoms with van der Waals surface area (Å²) in [5, 5.41) is 20.1. The van der Waals surface area contributed by atoms with Gasteiger partial charge >= 0.3 is 5.97 Å². The molecule has 2 aromatic carbocycles. The SMILES string of the molecule is O=C1C=CCCC=CC[C@H](c2ccccc2)OC(=O)c2c(O)cc(O)c(Cl)c2C1. The number of hydrogen-bond acceptors (Lipinski definition) is 5. The van der Waals surface area contributed by atoms with E-state index in [1.807, 2.05) is 42.5 Å². The van der Waals surface area contributed by atoms with Gasteiger partial charge in [-0.05, 0) is 24.5 Å². The molecule has 1 heterocycles. The molecule has 0 bridgehead atoms. The summed E-state index contributed by atoms with van der Waals surface area (Å²) >= 11 is 6.16. The lowest BCUT2D eigenvalue weighted by Gasteiger charge is -2.19. The maximum absolute atomic E-state index is 13.0. The molecule has 2 N–H and O–H groups in total. The molecular formula is C23H21ClO5. The number of benzene rings is 2. The molecule has 1 aliphatic rings. The van der Waals surface area contributed by atoms with Gasteiger partial charge < -0.3 is 14.9 Å². The molecule has 29 heavy (non-hydrogen) atoms. The smallest absolute Gasteiger partial charge is 0.342 e. The molecule has 0 saturated heterocycles. The van der Waals surface area contributed by atoms with E-state index in [-0.39, 0.29) is 28.4 Å². The molecule has 0 spiro atoms. The predicted octanol–water partition coefficient (Wildman–Crippen LogP) is 5.06. The number of ether oxygens (including phenoxy) is 1. The first-order valence-electron chi connectivity index (χ1n) is 9.31. The lowest BCUT2D eigenvalue weighted by atomic mass is 9.99. The number of halogens is 1. The Morgan fingerprint density at radius 2 is 1.69 bits per heavy atom. The maximum atomic E-state index is 13.0. The van der Waals surface area contributed by atoms with Gasteiger partial charge in [0.1, 0.15) is 23.2 Å². The van der Waals surface area contributed by atoms with E-state index in [9.17, 15) is 19.8 Å². The second-order valence-corrected chi connectivity index (χ2v) is 7.09. The highest BCUT2D eigenvalue weighted by atomic mass is 35.5. The number of phenolic OH excluding ortho intramolecular Hbond substituents is 2. The van der Waals surface area contributed by atoms with Crippen LogP contribution in [0.5, 0.6) is 11.5 Å². The average molecular weight is 413 g/mol. The highest BCUT2D eigenvalue weighted by Crippen LogP contribution is 2.38. The number of hydrogen-bond donors (Lipinski definition) is 2. The van der Waals surface area contributed by atoms with Gasteiger partial charge in [0.25, 0.3) is 0 Å². The van der Waals surface area contributed by atoms with Crippen molar-refractivity contribution < 1.29 is 24.5 Å². The van der Waals surface area contributed by atoms with Gasteiger partial charge in [-0.1, -0.05) is 60.2 Å². The lowest BCUT2D eigenvalue weighted by molar-refractivity contribution is -0.114. The number of rotatable bonds is 1. The molecule has 0 aromatic heterocycles. The topological polar surface area (TPSA) is 83.8 Å². The molecule has 2 aromatic rings. The first-order chi connectivity index (χ1) is 14.0. The van der Waals surface area contributed by atoms with Crippen LogP contribution in [0, 0.1) is 0 Å². The van der Waals surface area contributed by atoms with Crippen LogP contribution in [0.1, 0.15) is 46.9 Å². The van der Waals surface area contributed by atoms with Gasteiger partial charge in [-0.25, -0.2) is 4.79 Å². The number of allylic oxidation sites excluding steroid dienone is 3. The summed E-state index contributed by atoms with van der Waals surface area (Å²) < 4.78 is 5.70. The monoisotopic (exact) mass is 412 g/mol. The minimum Gasteiger partial charge on any atom is -0.507 e. The summed E-state index contributed by atoms with van der Waals surface area (Å²) in [5.74, 6) is -2.00. The third kappa shape index (κ3) is 5.06. The van der Waals surface area contributed by atoms with E-state index in [2.05, 4.69) is 0 Å². The second-order valence-electron chi connectivity index (χ2n) is 6.72. The zero-order valence-corrected chi connectivity index (χ0v) is 16.4. The van der Waals surface area contributed by atoms with Crippen LogP contribution in [-0.2, 0) is 16.0 Å². The van der Waals surface area contributed by atoms with Crippen LogP contribution in [-0.4, -0.2) is 22.0 Å². The van der Waals surface area contributed by atoms with Gasteiger partial charge in [-0.15, -0.1) is 0 Å². The molecule has 0 aliphatic carbocycles. The molecule has 150 valence electrons. The molecule has 1 aliphatic heterocycles. The van der Waals surface area contributed by atoms with Crippen LogP contribution in [0.2, 0.25) is 5.02 Å². The van der Waals surface area contributed by atoms with Crippen molar-refractivity contribution in [2.24, 2.45) is 0 Å². The van der Waals surface area contributed by atoms with Gasteiger partial charge in [0.05, 0.1) is 5.02 Å². The molecule has 1 atom stereocenters. The Hall–Kier alpha value is -3.05. The number of ketones is 1. The summed E-state index contributed by atoms with van der Waals surface area (Å²) in [6.45, 7) is 0. The van der Waals surface area contributed by atoms with Crippen molar-refractivity contribution in [3.8, 4) is 11.5 Å². The van der Waals surface area contributed by atoms with E-state index < -0.39 is 23.6 Å². The van der Waals surface area contributed by atoms with Crippen LogP contribution >= 0.6 is 11.6 Å².